The lowest BCUT2D eigenvalue weighted by Gasteiger charge is -2.14. The van der Waals surface area contributed by atoms with Crippen LogP contribution in [-0.4, -0.2) is 13.2 Å². The van der Waals surface area contributed by atoms with Gasteiger partial charge in [0.05, 0.1) is 7.11 Å². The molecule has 0 heterocycles. The van der Waals surface area contributed by atoms with Crippen molar-refractivity contribution in [2.75, 3.05) is 7.11 Å². The molecule has 1 aliphatic carbocycles. The van der Waals surface area contributed by atoms with Crippen LogP contribution in [0.2, 0.25) is 0 Å². The third-order valence-corrected chi connectivity index (χ3v) is 3.47. The van der Waals surface area contributed by atoms with E-state index in [1.54, 1.807) is 7.11 Å². The maximum absolute atomic E-state index is 5.34. The van der Waals surface area contributed by atoms with E-state index >= 15 is 0 Å². The van der Waals surface area contributed by atoms with Crippen LogP contribution in [0.15, 0.2) is 24.3 Å². The summed E-state index contributed by atoms with van der Waals surface area (Å²) in [5, 5.41) is 3.62. The normalized spacial score (nSPS) is 24.6. The Balaban J connectivity index is 1.89. The Morgan fingerprint density at radius 1 is 1.31 bits per heavy atom. The smallest absolute Gasteiger partial charge is 0.123 e. The maximum Gasteiger partial charge on any atom is 0.123 e. The first-order valence-electron chi connectivity index (χ1n) is 6.15. The molecule has 1 aliphatic rings. The van der Waals surface area contributed by atoms with E-state index in [9.17, 15) is 0 Å². The molecule has 2 unspecified atom stereocenters. The van der Waals surface area contributed by atoms with E-state index in [1.165, 1.54) is 24.8 Å². The maximum atomic E-state index is 5.34. The fourth-order valence-corrected chi connectivity index (χ4v) is 2.50. The van der Waals surface area contributed by atoms with Crippen molar-refractivity contribution in [3.8, 4) is 5.75 Å². The molecule has 1 fully saturated rings. The molecule has 1 aromatic carbocycles. The number of ether oxygens (including phenoxy) is 1. The average molecular weight is 219 g/mol. The minimum atomic E-state index is 0.694. The molecular formula is C14H21NO. The molecule has 1 aromatic rings. The molecule has 2 rings (SSSR count). The molecule has 0 aromatic heterocycles. The number of para-hydroxylation sites is 1. The zero-order chi connectivity index (χ0) is 11.4. The Hall–Kier alpha value is -1.02. The van der Waals surface area contributed by atoms with E-state index in [0.717, 1.165) is 18.2 Å². The largest absolute Gasteiger partial charge is 0.496 e. The molecule has 0 aliphatic heterocycles. The van der Waals surface area contributed by atoms with Gasteiger partial charge in [-0.25, -0.2) is 0 Å². The fourth-order valence-electron chi connectivity index (χ4n) is 2.50. The first-order valence-corrected chi connectivity index (χ1v) is 6.15. The monoisotopic (exact) mass is 219 g/mol. The van der Waals surface area contributed by atoms with Crippen LogP contribution in [0.4, 0.5) is 0 Å². The number of benzene rings is 1. The zero-order valence-electron chi connectivity index (χ0n) is 10.2. The minimum absolute atomic E-state index is 0.694. The first-order chi connectivity index (χ1) is 7.79. The lowest BCUT2D eigenvalue weighted by molar-refractivity contribution is 0.404. The summed E-state index contributed by atoms with van der Waals surface area (Å²) in [6.45, 7) is 3.26. The zero-order valence-corrected chi connectivity index (χ0v) is 10.2. The van der Waals surface area contributed by atoms with E-state index in [1.807, 2.05) is 12.1 Å². The van der Waals surface area contributed by atoms with E-state index in [4.69, 9.17) is 4.74 Å². The van der Waals surface area contributed by atoms with Crippen molar-refractivity contribution < 1.29 is 4.74 Å². The van der Waals surface area contributed by atoms with Gasteiger partial charge in [0.15, 0.2) is 0 Å². The molecule has 0 bridgehead atoms. The van der Waals surface area contributed by atoms with Crippen LogP contribution in [0.5, 0.6) is 5.75 Å². The summed E-state index contributed by atoms with van der Waals surface area (Å²) < 4.78 is 5.34. The lowest BCUT2D eigenvalue weighted by atomic mass is 10.1. The standard InChI is InChI=1S/C14H21NO/c1-11-7-8-13(9-11)15-10-12-5-3-4-6-14(12)16-2/h3-6,11,13,15H,7-10H2,1-2H3. The Morgan fingerprint density at radius 2 is 2.12 bits per heavy atom. The van der Waals surface area contributed by atoms with Crippen molar-refractivity contribution in [2.24, 2.45) is 5.92 Å². The lowest BCUT2D eigenvalue weighted by Crippen LogP contribution is -2.25. The van der Waals surface area contributed by atoms with Crippen LogP contribution in [0.25, 0.3) is 0 Å². The second-order valence-electron chi connectivity index (χ2n) is 4.81. The Morgan fingerprint density at radius 3 is 2.81 bits per heavy atom. The number of methoxy groups -OCH3 is 1. The van der Waals surface area contributed by atoms with Crippen LogP contribution in [0.3, 0.4) is 0 Å². The Kier molecular flexibility index (Phi) is 3.83. The highest BCUT2D eigenvalue weighted by atomic mass is 16.5. The summed E-state index contributed by atoms with van der Waals surface area (Å²) in [6.07, 6.45) is 4.00. The molecule has 16 heavy (non-hydrogen) atoms. The SMILES string of the molecule is COc1ccccc1CNC1CCC(C)C1. The highest BCUT2D eigenvalue weighted by Gasteiger charge is 2.20. The molecular weight excluding hydrogens is 198 g/mol. The molecule has 1 N–H and O–H groups in total. The third kappa shape index (κ3) is 2.76. The van der Waals surface area contributed by atoms with Gasteiger partial charge in [0.25, 0.3) is 0 Å². The van der Waals surface area contributed by atoms with Gasteiger partial charge in [0.1, 0.15) is 5.75 Å². The molecule has 2 heteroatoms. The molecule has 2 nitrogen and oxygen atoms in total. The molecule has 88 valence electrons. The van der Waals surface area contributed by atoms with Crippen molar-refractivity contribution in [1.29, 1.82) is 0 Å². The highest BCUT2D eigenvalue weighted by molar-refractivity contribution is 5.33. The van der Waals surface area contributed by atoms with Gasteiger partial charge in [-0.15, -0.1) is 0 Å². The summed E-state index contributed by atoms with van der Waals surface area (Å²) in [6, 6.07) is 8.93. The average Bonchev–Trinajstić information content (AvgIpc) is 2.73. The van der Waals surface area contributed by atoms with Gasteiger partial charge in [-0.2, -0.15) is 0 Å². The second-order valence-corrected chi connectivity index (χ2v) is 4.81. The van der Waals surface area contributed by atoms with E-state index < -0.39 is 0 Å². The number of hydrogen-bond acceptors (Lipinski definition) is 2. The van der Waals surface area contributed by atoms with Crippen molar-refractivity contribution in [2.45, 2.75) is 38.8 Å². The third-order valence-electron chi connectivity index (χ3n) is 3.47. The Bertz CT molecular complexity index is 337. The number of nitrogens with one attached hydrogen (secondary N) is 1. The van der Waals surface area contributed by atoms with Gasteiger partial charge >= 0.3 is 0 Å². The Labute approximate surface area is 98.0 Å². The molecule has 0 radical (unpaired) electrons. The van der Waals surface area contributed by atoms with E-state index in [-0.39, 0.29) is 0 Å². The van der Waals surface area contributed by atoms with Crippen molar-refractivity contribution in [1.82, 2.24) is 5.32 Å². The highest BCUT2D eigenvalue weighted by Crippen LogP contribution is 2.25. The van der Waals surface area contributed by atoms with Crippen LogP contribution in [0.1, 0.15) is 31.7 Å². The van der Waals surface area contributed by atoms with Gasteiger partial charge in [-0.05, 0) is 31.2 Å². The van der Waals surface area contributed by atoms with Crippen molar-refractivity contribution >= 4 is 0 Å². The van der Waals surface area contributed by atoms with Crippen molar-refractivity contribution in [3.63, 3.8) is 0 Å². The molecule has 0 spiro atoms. The van der Waals surface area contributed by atoms with E-state index in [2.05, 4.69) is 24.4 Å². The van der Waals surface area contributed by atoms with Crippen LogP contribution >= 0.6 is 0 Å². The van der Waals surface area contributed by atoms with E-state index in [0.29, 0.717) is 6.04 Å². The number of rotatable bonds is 4. The van der Waals surface area contributed by atoms with Crippen LogP contribution < -0.4 is 10.1 Å². The van der Waals surface area contributed by atoms with Crippen LogP contribution in [-0.2, 0) is 6.54 Å². The van der Waals surface area contributed by atoms with Gasteiger partial charge in [-0.1, -0.05) is 25.1 Å². The molecule has 2 atom stereocenters. The summed E-state index contributed by atoms with van der Waals surface area (Å²) in [5.74, 6) is 1.87. The molecule has 0 amide bonds. The summed E-state index contributed by atoms with van der Waals surface area (Å²) >= 11 is 0. The first kappa shape index (κ1) is 11.5. The minimum Gasteiger partial charge on any atom is -0.496 e. The molecule has 0 saturated heterocycles. The number of hydrogen-bond donors (Lipinski definition) is 1. The van der Waals surface area contributed by atoms with Gasteiger partial charge in [-0.3, -0.25) is 0 Å². The summed E-state index contributed by atoms with van der Waals surface area (Å²) in [7, 11) is 1.73. The fraction of sp³-hybridized carbons (Fsp3) is 0.571. The van der Waals surface area contributed by atoms with Gasteiger partial charge in [0.2, 0.25) is 0 Å². The quantitative estimate of drug-likeness (QED) is 0.840. The predicted molar refractivity (Wildman–Crippen MR) is 66.6 cm³/mol. The predicted octanol–water partition coefficient (Wildman–Crippen LogP) is 2.97. The molecule has 1 saturated carbocycles. The summed E-state index contributed by atoms with van der Waals surface area (Å²) in [5.41, 5.74) is 1.25. The topological polar surface area (TPSA) is 21.3 Å². The van der Waals surface area contributed by atoms with Crippen molar-refractivity contribution in [3.05, 3.63) is 29.8 Å². The second kappa shape index (κ2) is 5.35. The van der Waals surface area contributed by atoms with Crippen LogP contribution in [0, 0.1) is 5.92 Å². The van der Waals surface area contributed by atoms with Gasteiger partial charge in [0, 0.05) is 18.2 Å². The summed E-state index contributed by atoms with van der Waals surface area (Å²) in [4.78, 5) is 0. The van der Waals surface area contributed by atoms with Gasteiger partial charge < -0.3 is 10.1 Å².